The van der Waals surface area contributed by atoms with Crippen LogP contribution in [-0.4, -0.2) is 30.4 Å². The number of nitrogens with zero attached hydrogens (tertiary/aromatic N) is 1. The summed E-state index contributed by atoms with van der Waals surface area (Å²) in [7, 11) is 0. The van der Waals surface area contributed by atoms with Crippen LogP contribution in [0.15, 0.2) is 0 Å². The van der Waals surface area contributed by atoms with Crippen molar-refractivity contribution in [3.8, 4) is 0 Å². The molecule has 126 valence electrons. The molecule has 3 nitrogen and oxygen atoms in total. The van der Waals surface area contributed by atoms with Crippen molar-refractivity contribution in [1.82, 2.24) is 4.90 Å². The topological polar surface area (TPSA) is 46.3 Å². The average molecular weight is 299 g/mol. The van der Waals surface area contributed by atoms with Gasteiger partial charge in [-0.3, -0.25) is 4.79 Å². The third kappa shape index (κ3) is 10.8. The Hall–Kier alpha value is -0.570. The van der Waals surface area contributed by atoms with E-state index in [1.165, 1.54) is 0 Å². The fourth-order valence-electron chi connectivity index (χ4n) is 2.49. The zero-order chi connectivity index (χ0) is 16.4. The van der Waals surface area contributed by atoms with Crippen molar-refractivity contribution < 1.29 is 4.79 Å². The lowest BCUT2D eigenvalue weighted by molar-refractivity contribution is -0.132. The van der Waals surface area contributed by atoms with Crippen molar-refractivity contribution in [2.24, 2.45) is 29.4 Å². The van der Waals surface area contributed by atoms with E-state index in [0.717, 1.165) is 32.4 Å². The lowest BCUT2D eigenvalue weighted by Crippen LogP contribution is -2.36. The van der Waals surface area contributed by atoms with Gasteiger partial charge in [0.05, 0.1) is 0 Å². The summed E-state index contributed by atoms with van der Waals surface area (Å²) < 4.78 is 0. The standard InChI is InChI=1S/C18H38N2O/c1-14(2)7-9-20(10-8-15(3)4)18(21)12-17(13-19)11-16(5)6/h14-17H,7-13,19H2,1-6H3/t17-/m0/s1. The van der Waals surface area contributed by atoms with E-state index >= 15 is 0 Å². The fourth-order valence-corrected chi connectivity index (χ4v) is 2.49. The van der Waals surface area contributed by atoms with Gasteiger partial charge in [-0.05, 0) is 49.5 Å². The Morgan fingerprint density at radius 1 is 0.905 bits per heavy atom. The van der Waals surface area contributed by atoms with Gasteiger partial charge in [-0.15, -0.1) is 0 Å². The zero-order valence-corrected chi connectivity index (χ0v) is 15.2. The third-order valence-corrected chi connectivity index (χ3v) is 3.91. The van der Waals surface area contributed by atoms with Gasteiger partial charge >= 0.3 is 0 Å². The molecule has 0 spiro atoms. The van der Waals surface area contributed by atoms with Crippen LogP contribution in [0.5, 0.6) is 0 Å². The van der Waals surface area contributed by atoms with E-state index in [0.29, 0.717) is 42.5 Å². The van der Waals surface area contributed by atoms with Crippen LogP contribution in [-0.2, 0) is 4.79 Å². The second kappa shape index (κ2) is 11.1. The minimum Gasteiger partial charge on any atom is -0.343 e. The fraction of sp³-hybridized carbons (Fsp3) is 0.944. The number of carbonyl (C=O) groups excluding carboxylic acids is 1. The molecule has 0 heterocycles. The number of hydrogen-bond acceptors (Lipinski definition) is 2. The minimum atomic E-state index is 0.299. The quantitative estimate of drug-likeness (QED) is 0.628. The molecule has 0 aromatic carbocycles. The predicted molar refractivity (Wildman–Crippen MR) is 92.1 cm³/mol. The van der Waals surface area contributed by atoms with Gasteiger partial charge in [-0.25, -0.2) is 0 Å². The molecule has 1 amide bonds. The van der Waals surface area contributed by atoms with E-state index in [9.17, 15) is 4.79 Å². The summed E-state index contributed by atoms with van der Waals surface area (Å²) in [4.78, 5) is 14.7. The van der Waals surface area contributed by atoms with Gasteiger partial charge in [0.15, 0.2) is 0 Å². The smallest absolute Gasteiger partial charge is 0.222 e. The predicted octanol–water partition coefficient (Wildman–Crippen LogP) is 3.92. The van der Waals surface area contributed by atoms with Gasteiger partial charge in [-0.1, -0.05) is 41.5 Å². The van der Waals surface area contributed by atoms with E-state index in [-0.39, 0.29) is 0 Å². The van der Waals surface area contributed by atoms with Gasteiger partial charge in [-0.2, -0.15) is 0 Å². The molecule has 3 heteroatoms. The maximum absolute atomic E-state index is 12.6. The molecule has 0 saturated heterocycles. The molecule has 0 unspecified atom stereocenters. The van der Waals surface area contributed by atoms with E-state index in [1.807, 2.05) is 0 Å². The summed E-state index contributed by atoms with van der Waals surface area (Å²) >= 11 is 0. The molecule has 0 rings (SSSR count). The molecule has 0 aliphatic carbocycles. The molecule has 0 radical (unpaired) electrons. The van der Waals surface area contributed by atoms with Gasteiger partial charge in [0.1, 0.15) is 0 Å². The molecule has 2 N–H and O–H groups in total. The van der Waals surface area contributed by atoms with Gasteiger partial charge < -0.3 is 10.6 Å². The van der Waals surface area contributed by atoms with Crippen molar-refractivity contribution in [2.75, 3.05) is 19.6 Å². The summed E-state index contributed by atoms with van der Waals surface area (Å²) in [6.45, 7) is 15.7. The number of carbonyl (C=O) groups is 1. The van der Waals surface area contributed by atoms with Crippen molar-refractivity contribution >= 4 is 5.91 Å². The number of amides is 1. The SMILES string of the molecule is CC(C)CCN(CCC(C)C)C(=O)C[C@@H](CN)CC(C)C. The highest BCUT2D eigenvalue weighted by atomic mass is 16.2. The number of nitrogens with two attached hydrogens (primary N) is 1. The average Bonchev–Trinajstić information content (AvgIpc) is 2.36. The minimum absolute atomic E-state index is 0.299. The van der Waals surface area contributed by atoms with Crippen LogP contribution in [0.2, 0.25) is 0 Å². The number of hydrogen-bond donors (Lipinski definition) is 1. The molecule has 0 aromatic heterocycles. The Morgan fingerprint density at radius 3 is 1.71 bits per heavy atom. The van der Waals surface area contributed by atoms with E-state index in [4.69, 9.17) is 5.73 Å². The first-order valence-corrected chi connectivity index (χ1v) is 8.74. The monoisotopic (exact) mass is 298 g/mol. The maximum atomic E-state index is 12.6. The Bertz CT molecular complexity index is 262. The van der Waals surface area contributed by atoms with Crippen molar-refractivity contribution in [1.29, 1.82) is 0 Å². The highest BCUT2D eigenvalue weighted by Crippen LogP contribution is 2.17. The van der Waals surface area contributed by atoms with Crippen LogP contribution in [0, 0.1) is 23.7 Å². The molecule has 0 aliphatic rings. The summed E-state index contributed by atoms with van der Waals surface area (Å²) in [6, 6.07) is 0. The largest absolute Gasteiger partial charge is 0.343 e. The van der Waals surface area contributed by atoms with Crippen LogP contribution < -0.4 is 5.73 Å². The van der Waals surface area contributed by atoms with E-state index < -0.39 is 0 Å². The molecule has 0 aliphatic heterocycles. The molecule has 0 fully saturated rings. The highest BCUT2D eigenvalue weighted by Gasteiger charge is 2.19. The van der Waals surface area contributed by atoms with E-state index in [1.54, 1.807) is 0 Å². The van der Waals surface area contributed by atoms with E-state index in [2.05, 4.69) is 46.4 Å². The summed E-state index contributed by atoms with van der Waals surface area (Å²) in [5, 5.41) is 0. The van der Waals surface area contributed by atoms with Crippen molar-refractivity contribution in [3.05, 3.63) is 0 Å². The van der Waals surface area contributed by atoms with Gasteiger partial charge in [0, 0.05) is 19.5 Å². The van der Waals surface area contributed by atoms with Crippen LogP contribution in [0.25, 0.3) is 0 Å². The molecule has 0 aromatic rings. The first kappa shape index (κ1) is 20.4. The molecule has 0 bridgehead atoms. The zero-order valence-electron chi connectivity index (χ0n) is 15.2. The molecule has 0 saturated carbocycles. The lowest BCUT2D eigenvalue weighted by Gasteiger charge is -2.27. The molecule has 1 atom stereocenters. The van der Waals surface area contributed by atoms with Crippen molar-refractivity contribution in [3.63, 3.8) is 0 Å². The Labute approximate surface area is 132 Å². The second-order valence-corrected chi connectivity index (χ2v) is 7.68. The second-order valence-electron chi connectivity index (χ2n) is 7.68. The Kier molecular flexibility index (Phi) is 10.8. The maximum Gasteiger partial charge on any atom is 0.222 e. The molecule has 21 heavy (non-hydrogen) atoms. The highest BCUT2D eigenvalue weighted by molar-refractivity contribution is 5.76. The van der Waals surface area contributed by atoms with Crippen LogP contribution >= 0.6 is 0 Å². The summed E-state index contributed by atoms with van der Waals surface area (Å²) in [5.74, 6) is 2.51. The summed E-state index contributed by atoms with van der Waals surface area (Å²) in [5.41, 5.74) is 5.84. The van der Waals surface area contributed by atoms with Crippen LogP contribution in [0.4, 0.5) is 0 Å². The first-order valence-electron chi connectivity index (χ1n) is 8.74. The van der Waals surface area contributed by atoms with Gasteiger partial charge in [0.25, 0.3) is 0 Å². The van der Waals surface area contributed by atoms with Crippen LogP contribution in [0.3, 0.4) is 0 Å². The molecular weight excluding hydrogens is 260 g/mol. The normalized spacial score (nSPS) is 13.2. The molecular formula is C18H38N2O. The Morgan fingerprint density at radius 2 is 1.38 bits per heavy atom. The number of rotatable bonds is 11. The lowest BCUT2D eigenvalue weighted by atomic mass is 9.93. The van der Waals surface area contributed by atoms with Crippen molar-refractivity contribution in [2.45, 2.75) is 67.2 Å². The summed E-state index contributed by atoms with van der Waals surface area (Å²) in [6.07, 6.45) is 3.83. The Balaban J connectivity index is 4.51. The van der Waals surface area contributed by atoms with Gasteiger partial charge in [0.2, 0.25) is 5.91 Å². The first-order chi connectivity index (χ1) is 9.76. The third-order valence-electron chi connectivity index (χ3n) is 3.91. The van der Waals surface area contributed by atoms with Crippen LogP contribution in [0.1, 0.15) is 67.2 Å².